The number of nitrogens with one attached hydrogen (secondary N) is 1. The molecular formula is C23H16Cl2N2O4S. The summed E-state index contributed by atoms with van der Waals surface area (Å²) in [5.41, 5.74) is 0.683. The van der Waals surface area contributed by atoms with Crippen LogP contribution >= 0.6 is 35.4 Å². The van der Waals surface area contributed by atoms with Crippen LogP contribution in [0.3, 0.4) is 0 Å². The zero-order chi connectivity index (χ0) is 23.0. The van der Waals surface area contributed by atoms with Crippen LogP contribution in [-0.4, -0.2) is 31.1 Å². The first-order chi connectivity index (χ1) is 15.3. The molecule has 1 saturated heterocycles. The van der Waals surface area contributed by atoms with Crippen LogP contribution in [0.15, 0.2) is 54.1 Å². The van der Waals surface area contributed by atoms with Crippen molar-refractivity contribution in [2.45, 2.75) is 0 Å². The molecule has 0 aromatic heterocycles. The molecule has 1 heterocycles. The maximum Gasteiger partial charge on any atom is 0.270 e. The second-order valence-electron chi connectivity index (χ2n) is 6.80. The molecular weight excluding hydrogens is 471 g/mol. The summed E-state index contributed by atoms with van der Waals surface area (Å²) in [4.78, 5) is 27.3. The number of thiocarbonyl (C=S) groups is 1. The lowest BCUT2D eigenvalue weighted by atomic mass is 9.99. The fraction of sp³-hybridized carbons (Fsp3) is 0.0870. The number of anilines is 1. The predicted octanol–water partition coefficient (Wildman–Crippen LogP) is 5.00. The van der Waals surface area contributed by atoms with E-state index < -0.39 is 11.8 Å². The van der Waals surface area contributed by atoms with Crippen LogP contribution in [0.4, 0.5) is 5.69 Å². The van der Waals surface area contributed by atoms with Crippen molar-refractivity contribution in [2.75, 3.05) is 19.1 Å². The number of carbonyl (C=O) groups is 2. The van der Waals surface area contributed by atoms with Crippen molar-refractivity contribution in [3.63, 3.8) is 0 Å². The Labute approximate surface area is 199 Å². The molecule has 0 aliphatic carbocycles. The summed E-state index contributed by atoms with van der Waals surface area (Å²) in [6.07, 6.45) is 1.48. The normalized spacial score (nSPS) is 15.3. The first-order valence-electron chi connectivity index (χ1n) is 9.36. The SMILES string of the molecule is COc1ccc2ccc(OC)c(/C=C3\C(=O)NC(=S)N(c4cccc(Cl)c4Cl)C3=O)c2c1. The van der Waals surface area contributed by atoms with Crippen LogP contribution in [-0.2, 0) is 9.59 Å². The smallest absolute Gasteiger partial charge is 0.270 e. The molecule has 0 atom stereocenters. The molecule has 1 aliphatic heterocycles. The number of carbonyl (C=O) groups excluding carboxylic acids is 2. The van der Waals surface area contributed by atoms with Crippen molar-refractivity contribution in [1.82, 2.24) is 5.32 Å². The first-order valence-corrected chi connectivity index (χ1v) is 10.5. The van der Waals surface area contributed by atoms with Gasteiger partial charge in [-0.1, -0.05) is 41.4 Å². The van der Waals surface area contributed by atoms with Crippen LogP contribution in [0.25, 0.3) is 16.8 Å². The highest BCUT2D eigenvalue weighted by atomic mass is 35.5. The predicted molar refractivity (Wildman–Crippen MR) is 130 cm³/mol. The Hall–Kier alpha value is -3.13. The molecule has 1 aliphatic rings. The second kappa shape index (κ2) is 8.78. The summed E-state index contributed by atoms with van der Waals surface area (Å²) in [6.45, 7) is 0. The molecule has 4 rings (SSSR count). The molecule has 0 bridgehead atoms. The van der Waals surface area contributed by atoms with Gasteiger partial charge in [0.15, 0.2) is 5.11 Å². The van der Waals surface area contributed by atoms with Crippen LogP contribution in [0.5, 0.6) is 11.5 Å². The second-order valence-corrected chi connectivity index (χ2v) is 7.97. The Morgan fingerprint density at radius 2 is 1.78 bits per heavy atom. The van der Waals surface area contributed by atoms with E-state index in [-0.39, 0.29) is 26.4 Å². The van der Waals surface area contributed by atoms with Crippen molar-refractivity contribution >= 4 is 74.9 Å². The van der Waals surface area contributed by atoms with Crippen molar-refractivity contribution in [1.29, 1.82) is 0 Å². The number of amides is 2. The summed E-state index contributed by atoms with van der Waals surface area (Å²) in [7, 11) is 3.07. The zero-order valence-electron chi connectivity index (χ0n) is 16.9. The van der Waals surface area contributed by atoms with E-state index in [4.69, 9.17) is 44.9 Å². The number of ether oxygens (including phenoxy) is 2. The van der Waals surface area contributed by atoms with Crippen molar-refractivity contribution in [3.05, 3.63) is 69.7 Å². The fourth-order valence-corrected chi connectivity index (χ4v) is 4.10. The average Bonchev–Trinajstić information content (AvgIpc) is 2.78. The van der Waals surface area contributed by atoms with Crippen molar-refractivity contribution in [2.24, 2.45) is 0 Å². The van der Waals surface area contributed by atoms with Gasteiger partial charge in [0.05, 0.1) is 30.0 Å². The van der Waals surface area contributed by atoms with Gasteiger partial charge in [-0.15, -0.1) is 0 Å². The van der Waals surface area contributed by atoms with Gasteiger partial charge in [-0.25, -0.2) is 0 Å². The minimum absolute atomic E-state index is 0.0899. The number of fused-ring (bicyclic) bond motifs is 1. The standard InChI is InChI=1S/C23H16Cl2N2O4S/c1-30-13-8-6-12-7-9-19(31-2)15(14(12)10-13)11-16-21(28)26-23(32)27(22(16)29)18-5-3-4-17(24)20(18)25/h3-11H,1-2H3,(H,26,28,32)/b16-11+. The molecule has 2 amide bonds. The van der Waals surface area contributed by atoms with E-state index in [0.717, 1.165) is 15.7 Å². The lowest BCUT2D eigenvalue weighted by molar-refractivity contribution is -0.122. The Morgan fingerprint density at radius 3 is 2.50 bits per heavy atom. The van der Waals surface area contributed by atoms with Gasteiger partial charge < -0.3 is 9.47 Å². The number of rotatable bonds is 4. The van der Waals surface area contributed by atoms with Gasteiger partial charge in [0.2, 0.25) is 0 Å². The zero-order valence-corrected chi connectivity index (χ0v) is 19.3. The monoisotopic (exact) mass is 486 g/mol. The highest BCUT2D eigenvalue weighted by Gasteiger charge is 2.36. The summed E-state index contributed by atoms with van der Waals surface area (Å²) in [5, 5.41) is 4.49. The van der Waals surface area contributed by atoms with E-state index in [2.05, 4.69) is 5.32 Å². The van der Waals surface area contributed by atoms with Crippen LogP contribution in [0.1, 0.15) is 5.56 Å². The minimum atomic E-state index is -0.634. The van der Waals surface area contributed by atoms with E-state index in [9.17, 15) is 9.59 Å². The highest BCUT2D eigenvalue weighted by molar-refractivity contribution is 7.80. The highest BCUT2D eigenvalue weighted by Crippen LogP contribution is 2.36. The first kappa shape index (κ1) is 22.1. The third kappa shape index (κ3) is 3.79. The molecule has 0 radical (unpaired) electrons. The van der Waals surface area contributed by atoms with E-state index in [1.165, 1.54) is 13.2 Å². The molecule has 32 heavy (non-hydrogen) atoms. The minimum Gasteiger partial charge on any atom is -0.497 e. The van der Waals surface area contributed by atoms with Gasteiger partial charge in [0, 0.05) is 5.56 Å². The molecule has 3 aromatic carbocycles. The van der Waals surface area contributed by atoms with E-state index in [1.54, 1.807) is 31.4 Å². The summed E-state index contributed by atoms with van der Waals surface area (Å²) in [6, 6.07) is 14.0. The van der Waals surface area contributed by atoms with Gasteiger partial charge in [-0.3, -0.25) is 19.8 Å². The molecule has 0 saturated carbocycles. The molecule has 6 nitrogen and oxygen atoms in total. The molecule has 9 heteroatoms. The van der Waals surface area contributed by atoms with E-state index in [1.807, 2.05) is 24.3 Å². The molecule has 0 spiro atoms. The third-order valence-corrected chi connectivity index (χ3v) is 6.11. The number of hydrogen-bond donors (Lipinski definition) is 1. The van der Waals surface area contributed by atoms with E-state index in [0.29, 0.717) is 17.1 Å². The lowest BCUT2D eigenvalue weighted by Gasteiger charge is -2.29. The van der Waals surface area contributed by atoms with Gasteiger partial charge in [-0.05, 0) is 59.4 Å². The van der Waals surface area contributed by atoms with Gasteiger partial charge in [0.1, 0.15) is 17.1 Å². The number of hydrogen-bond acceptors (Lipinski definition) is 5. The average molecular weight is 487 g/mol. The Kier molecular flexibility index (Phi) is 6.06. The fourth-order valence-electron chi connectivity index (χ4n) is 3.44. The topological polar surface area (TPSA) is 67.9 Å². The molecule has 3 aromatic rings. The number of benzene rings is 3. The van der Waals surface area contributed by atoms with Gasteiger partial charge >= 0.3 is 0 Å². The number of methoxy groups -OCH3 is 2. The summed E-state index contributed by atoms with van der Waals surface area (Å²) >= 11 is 17.7. The van der Waals surface area contributed by atoms with Crippen LogP contribution in [0, 0.1) is 0 Å². The quantitative estimate of drug-likeness (QED) is 0.319. The molecule has 0 unspecified atom stereocenters. The molecule has 162 valence electrons. The van der Waals surface area contributed by atoms with Gasteiger partial charge in [-0.2, -0.15) is 0 Å². The Morgan fingerprint density at radius 1 is 1.03 bits per heavy atom. The lowest BCUT2D eigenvalue weighted by Crippen LogP contribution is -2.54. The van der Waals surface area contributed by atoms with Crippen molar-refractivity contribution < 1.29 is 19.1 Å². The van der Waals surface area contributed by atoms with Crippen LogP contribution < -0.4 is 19.7 Å². The largest absolute Gasteiger partial charge is 0.497 e. The number of nitrogens with zero attached hydrogens (tertiary/aromatic N) is 1. The Bertz CT molecular complexity index is 1320. The van der Waals surface area contributed by atoms with Crippen molar-refractivity contribution in [3.8, 4) is 11.5 Å². The summed E-state index contributed by atoms with van der Waals surface area (Å²) in [5.74, 6) is -0.154. The molecule has 1 fully saturated rings. The maximum absolute atomic E-state index is 13.4. The Balaban J connectivity index is 1.91. The van der Waals surface area contributed by atoms with E-state index >= 15 is 0 Å². The van der Waals surface area contributed by atoms with Crippen LogP contribution in [0.2, 0.25) is 10.0 Å². The summed E-state index contributed by atoms with van der Waals surface area (Å²) < 4.78 is 10.8. The molecule has 1 N–H and O–H groups in total. The number of halogens is 2. The third-order valence-electron chi connectivity index (χ3n) is 5.01. The van der Waals surface area contributed by atoms with Gasteiger partial charge in [0.25, 0.3) is 11.8 Å². The maximum atomic E-state index is 13.4.